The van der Waals surface area contributed by atoms with Crippen LogP contribution in [0.15, 0.2) is 29.3 Å². The molecule has 2 rings (SSSR count). The Morgan fingerprint density at radius 1 is 1.20 bits per heavy atom. The third kappa shape index (κ3) is 7.40. The molecule has 2 atom stereocenters. The molecule has 0 saturated carbocycles. The minimum absolute atomic E-state index is 0.218. The molecule has 2 unspecified atom stereocenters. The molecule has 25 heavy (non-hydrogen) atoms. The van der Waals surface area contributed by atoms with Gasteiger partial charge in [-0.2, -0.15) is 0 Å². The quantitative estimate of drug-likeness (QED) is 0.450. The Morgan fingerprint density at radius 3 is 2.52 bits per heavy atom. The Morgan fingerprint density at radius 2 is 1.88 bits per heavy atom. The van der Waals surface area contributed by atoms with Crippen LogP contribution in [-0.4, -0.2) is 55.8 Å². The van der Waals surface area contributed by atoms with Crippen molar-refractivity contribution < 1.29 is 9.13 Å². The van der Waals surface area contributed by atoms with Gasteiger partial charge in [0.1, 0.15) is 5.82 Å². The number of aliphatic imine (C=N–C) groups is 1. The van der Waals surface area contributed by atoms with Crippen molar-refractivity contribution in [3.63, 3.8) is 0 Å². The van der Waals surface area contributed by atoms with Crippen LogP contribution in [-0.2, 0) is 11.3 Å². The van der Waals surface area contributed by atoms with Crippen LogP contribution in [0.4, 0.5) is 4.39 Å². The zero-order valence-electron chi connectivity index (χ0n) is 15.6. The van der Waals surface area contributed by atoms with Crippen LogP contribution >= 0.6 is 0 Å². The van der Waals surface area contributed by atoms with Crippen LogP contribution in [0.1, 0.15) is 32.8 Å². The molecule has 5 nitrogen and oxygen atoms in total. The maximum atomic E-state index is 12.9. The first-order chi connectivity index (χ1) is 12.1. The van der Waals surface area contributed by atoms with Crippen molar-refractivity contribution in [3.8, 4) is 0 Å². The van der Waals surface area contributed by atoms with Crippen LogP contribution in [0.2, 0.25) is 0 Å². The largest absolute Gasteiger partial charge is 0.373 e. The number of morpholine rings is 1. The first-order valence-corrected chi connectivity index (χ1v) is 9.21. The second-order valence-electron chi connectivity index (χ2n) is 6.62. The first kappa shape index (κ1) is 19.7. The normalized spacial score (nSPS) is 22.0. The maximum Gasteiger partial charge on any atom is 0.191 e. The highest BCUT2D eigenvalue weighted by atomic mass is 19.1. The Hall–Kier alpha value is -1.66. The summed E-state index contributed by atoms with van der Waals surface area (Å²) in [4.78, 5) is 7.02. The van der Waals surface area contributed by atoms with E-state index >= 15 is 0 Å². The number of nitrogens with zero attached hydrogens (tertiary/aromatic N) is 2. The lowest BCUT2D eigenvalue weighted by molar-refractivity contribution is -0.0679. The Labute approximate surface area is 150 Å². The highest BCUT2D eigenvalue weighted by molar-refractivity contribution is 5.79. The average Bonchev–Trinajstić information content (AvgIpc) is 2.57. The van der Waals surface area contributed by atoms with Gasteiger partial charge in [0.25, 0.3) is 0 Å². The van der Waals surface area contributed by atoms with Gasteiger partial charge >= 0.3 is 0 Å². The van der Waals surface area contributed by atoms with E-state index in [0.717, 1.165) is 50.7 Å². The standard InChI is InChI=1S/C19H31FN4O/c1-4-21-19(23-12-17-6-8-18(20)9-7-17)22-10-5-11-24-13-15(2)25-16(3)14-24/h6-9,15-16H,4-5,10-14H2,1-3H3,(H2,21,22,23). The molecule has 0 spiro atoms. The second kappa shape index (κ2) is 10.4. The van der Waals surface area contributed by atoms with E-state index in [0.29, 0.717) is 18.8 Å². The molecule has 140 valence electrons. The van der Waals surface area contributed by atoms with Gasteiger partial charge in [0, 0.05) is 32.7 Å². The van der Waals surface area contributed by atoms with E-state index in [4.69, 9.17) is 4.74 Å². The van der Waals surface area contributed by atoms with E-state index < -0.39 is 0 Å². The lowest BCUT2D eigenvalue weighted by atomic mass is 10.2. The molecule has 1 aliphatic heterocycles. The SMILES string of the molecule is CCNC(=NCc1ccc(F)cc1)NCCCN1CC(C)OC(C)C1. The zero-order valence-corrected chi connectivity index (χ0v) is 15.6. The van der Waals surface area contributed by atoms with Crippen molar-refractivity contribution in [3.05, 3.63) is 35.6 Å². The zero-order chi connectivity index (χ0) is 18.1. The van der Waals surface area contributed by atoms with Crippen LogP contribution in [0, 0.1) is 5.82 Å². The van der Waals surface area contributed by atoms with Gasteiger partial charge in [0.05, 0.1) is 18.8 Å². The predicted molar refractivity (Wildman–Crippen MR) is 100 cm³/mol. The number of rotatable bonds is 7. The fourth-order valence-corrected chi connectivity index (χ4v) is 3.08. The topological polar surface area (TPSA) is 48.9 Å². The number of hydrogen-bond acceptors (Lipinski definition) is 3. The van der Waals surface area contributed by atoms with Gasteiger partial charge in [-0.15, -0.1) is 0 Å². The van der Waals surface area contributed by atoms with Crippen LogP contribution in [0.25, 0.3) is 0 Å². The van der Waals surface area contributed by atoms with Crippen molar-refractivity contribution in [2.75, 3.05) is 32.7 Å². The van der Waals surface area contributed by atoms with Gasteiger partial charge in [-0.05, 0) is 44.9 Å². The summed E-state index contributed by atoms with van der Waals surface area (Å²) in [6.45, 7) is 11.6. The number of benzene rings is 1. The molecule has 0 aliphatic carbocycles. The fourth-order valence-electron chi connectivity index (χ4n) is 3.08. The fraction of sp³-hybridized carbons (Fsp3) is 0.632. The third-order valence-corrected chi connectivity index (χ3v) is 4.12. The van der Waals surface area contributed by atoms with Gasteiger partial charge in [-0.1, -0.05) is 12.1 Å². The van der Waals surface area contributed by atoms with Crippen molar-refractivity contribution in [1.82, 2.24) is 15.5 Å². The number of hydrogen-bond donors (Lipinski definition) is 2. The molecule has 2 N–H and O–H groups in total. The molecule has 0 aromatic heterocycles. The van der Waals surface area contributed by atoms with Crippen molar-refractivity contribution in [2.45, 2.75) is 45.9 Å². The van der Waals surface area contributed by atoms with Crippen molar-refractivity contribution in [1.29, 1.82) is 0 Å². The lowest BCUT2D eigenvalue weighted by Gasteiger charge is -2.35. The van der Waals surface area contributed by atoms with E-state index in [-0.39, 0.29) is 5.82 Å². The number of halogens is 1. The van der Waals surface area contributed by atoms with E-state index in [1.54, 1.807) is 12.1 Å². The highest BCUT2D eigenvalue weighted by Gasteiger charge is 2.21. The summed E-state index contributed by atoms with van der Waals surface area (Å²) < 4.78 is 18.7. The van der Waals surface area contributed by atoms with Gasteiger partial charge < -0.3 is 15.4 Å². The Bertz CT molecular complexity index is 525. The molecule has 1 saturated heterocycles. The molecule has 1 aromatic carbocycles. The first-order valence-electron chi connectivity index (χ1n) is 9.21. The summed E-state index contributed by atoms with van der Waals surface area (Å²) >= 11 is 0. The molecule has 0 amide bonds. The van der Waals surface area contributed by atoms with E-state index in [2.05, 4.69) is 34.4 Å². The number of ether oxygens (including phenoxy) is 1. The second-order valence-corrected chi connectivity index (χ2v) is 6.62. The summed E-state index contributed by atoms with van der Waals surface area (Å²) in [7, 11) is 0. The van der Waals surface area contributed by atoms with Gasteiger partial charge in [0.2, 0.25) is 0 Å². The van der Waals surface area contributed by atoms with Crippen molar-refractivity contribution in [2.24, 2.45) is 4.99 Å². The molecule has 1 aliphatic rings. The highest BCUT2D eigenvalue weighted by Crippen LogP contribution is 2.10. The van der Waals surface area contributed by atoms with Crippen LogP contribution < -0.4 is 10.6 Å². The molecule has 1 fully saturated rings. The minimum atomic E-state index is -0.218. The number of nitrogens with one attached hydrogen (secondary N) is 2. The Balaban J connectivity index is 1.73. The molecule has 6 heteroatoms. The van der Waals surface area contributed by atoms with E-state index in [1.165, 1.54) is 12.1 Å². The molecule has 0 radical (unpaired) electrons. The molecule has 1 heterocycles. The number of guanidine groups is 1. The average molecular weight is 350 g/mol. The molecular formula is C19H31FN4O. The lowest BCUT2D eigenvalue weighted by Crippen LogP contribution is -2.46. The Kier molecular flexibility index (Phi) is 8.15. The smallest absolute Gasteiger partial charge is 0.191 e. The van der Waals surface area contributed by atoms with Crippen LogP contribution in [0.5, 0.6) is 0 Å². The van der Waals surface area contributed by atoms with E-state index in [1.807, 2.05) is 6.92 Å². The summed E-state index contributed by atoms with van der Waals surface area (Å²) in [5, 5.41) is 6.62. The van der Waals surface area contributed by atoms with Gasteiger partial charge in [-0.25, -0.2) is 9.38 Å². The van der Waals surface area contributed by atoms with E-state index in [9.17, 15) is 4.39 Å². The maximum absolute atomic E-state index is 12.9. The molecule has 1 aromatic rings. The monoisotopic (exact) mass is 350 g/mol. The van der Waals surface area contributed by atoms with Crippen molar-refractivity contribution >= 4 is 5.96 Å². The van der Waals surface area contributed by atoms with Gasteiger partial charge in [0.15, 0.2) is 5.96 Å². The summed E-state index contributed by atoms with van der Waals surface area (Å²) in [5.41, 5.74) is 0.995. The third-order valence-electron chi connectivity index (χ3n) is 4.12. The van der Waals surface area contributed by atoms with Crippen LogP contribution in [0.3, 0.4) is 0 Å². The summed E-state index contributed by atoms with van der Waals surface area (Å²) in [6.07, 6.45) is 1.68. The van der Waals surface area contributed by atoms with Gasteiger partial charge in [-0.3, -0.25) is 4.90 Å². The summed E-state index contributed by atoms with van der Waals surface area (Å²) in [5.74, 6) is 0.583. The summed E-state index contributed by atoms with van der Waals surface area (Å²) in [6, 6.07) is 6.47. The minimum Gasteiger partial charge on any atom is -0.373 e. The predicted octanol–water partition coefficient (Wildman–Crippen LogP) is 2.38. The molecule has 0 bridgehead atoms. The molecular weight excluding hydrogens is 319 g/mol.